The summed E-state index contributed by atoms with van der Waals surface area (Å²) in [4.78, 5) is 6.59. The van der Waals surface area contributed by atoms with Crippen LogP contribution >= 0.6 is 11.3 Å². The second-order valence-electron chi connectivity index (χ2n) is 20.9. The van der Waals surface area contributed by atoms with Crippen LogP contribution in [0, 0.1) is 0 Å². The summed E-state index contributed by atoms with van der Waals surface area (Å²) >= 11 is 2.05. The molecule has 4 heteroatoms. The van der Waals surface area contributed by atoms with Gasteiger partial charge in [-0.3, -0.25) is 0 Å². The molecule has 14 rings (SSSR count). The molecule has 0 saturated carbocycles. The maximum Gasteiger partial charge on any atom is 0.264 e. The highest BCUT2D eigenvalue weighted by Crippen LogP contribution is 2.67. The summed E-state index contributed by atoms with van der Waals surface area (Å²) in [7, 11) is 0. The van der Waals surface area contributed by atoms with Crippen LogP contribution in [0.1, 0.15) is 73.2 Å². The first-order valence-electron chi connectivity index (χ1n) is 24.9. The van der Waals surface area contributed by atoms with Crippen LogP contribution in [0.5, 0.6) is 0 Å². The van der Waals surface area contributed by atoms with Gasteiger partial charge < -0.3 is 9.80 Å². The topological polar surface area (TPSA) is 6.48 Å². The van der Waals surface area contributed by atoms with E-state index in [4.69, 9.17) is 0 Å². The molecule has 10 aromatic rings. The monoisotopic (exact) mass is 914 g/mol. The van der Waals surface area contributed by atoms with Crippen molar-refractivity contribution in [3.8, 4) is 44.5 Å². The first kappa shape index (κ1) is 41.3. The average molecular weight is 915 g/mol. The van der Waals surface area contributed by atoms with Gasteiger partial charge in [-0.15, -0.1) is 11.3 Å². The number of nitrogens with zero attached hydrogens (tertiary/aromatic N) is 2. The third kappa shape index (κ3) is 5.63. The smallest absolute Gasteiger partial charge is 0.264 e. The van der Waals surface area contributed by atoms with Gasteiger partial charge in [0.1, 0.15) is 0 Å². The summed E-state index contributed by atoms with van der Waals surface area (Å²) in [5, 5.41) is 0. The molecule has 0 N–H and O–H groups in total. The van der Waals surface area contributed by atoms with E-state index in [0.717, 1.165) is 5.69 Å². The van der Waals surface area contributed by atoms with Crippen molar-refractivity contribution in [2.45, 2.75) is 51.4 Å². The van der Waals surface area contributed by atoms with Gasteiger partial charge in [-0.2, -0.15) is 0 Å². The van der Waals surface area contributed by atoms with Crippen LogP contribution < -0.4 is 25.5 Å². The lowest BCUT2D eigenvalue weighted by Gasteiger charge is -2.43. The SMILES string of the molecule is CC(C)c1cc(-c2ccc3c(c2)N(c2ccccc2)c2cccc4c2B3c2sc3c(c2N4c2ccccc2)-c2ccccc2C32c3ccccc3-c3ccccc32)c(-c2ccccc2)cc1C(C)(C)C. The number of hydrogen-bond acceptors (Lipinski definition) is 3. The summed E-state index contributed by atoms with van der Waals surface area (Å²) in [6.07, 6.45) is 0. The zero-order valence-corrected chi connectivity index (χ0v) is 41.0. The minimum Gasteiger partial charge on any atom is -0.311 e. The molecule has 4 aliphatic rings. The van der Waals surface area contributed by atoms with Gasteiger partial charge in [-0.05, 0) is 144 Å². The molecule has 334 valence electrons. The highest BCUT2D eigenvalue weighted by atomic mass is 32.1. The molecule has 0 radical (unpaired) electrons. The third-order valence-corrected chi connectivity index (χ3v) is 17.1. The highest BCUT2D eigenvalue weighted by Gasteiger charge is 2.56. The fourth-order valence-electron chi connectivity index (χ4n) is 12.9. The summed E-state index contributed by atoms with van der Waals surface area (Å²) in [5.74, 6) is 0.364. The third-order valence-electron chi connectivity index (χ3n) is 15.7. The molecule has 1 spiro atoms. The van der Waals surface area contributed by atoms with Gasteiger partial charge in [-0.25, -0.2) is 0 Å². The predicted molar refractivity (Wildman–Crippen MR) is 298 cm³/mol. The first-order valence-corrected chi connectivity index (χ1v) is 25.7. The van der Waals surface area contributed by atoms with Crippen molar-refractivity contribution in [2.24, 2.45) is 0 Å². The van der Waals surface area contributed by atoms with Gasteiger partial charge in [0.25, 0.3) is 6.71 Å². The Labute approximate surface area is 416 Å². The van der Waals surface area contributed by atoms with E-state index in [-0.39, 0.29) is 12.1 Å². The number of hydrogen-bond donors (Lipinski definition) is 0. The second-order valence-corrected chi connectivity index (χ2v) is 22.0. The highest BCUT2D eigenvalue weighted by molar-refractivity contribution is 7.30. The lowest BCUT2D eigenvalue weighted by molar-refractivity contribution is 0.577. The van der Waals surface area contributed by atoms with Gasteiger partial charge >= 0.3 is 0 Å². The van der Waals surface area contributed by atoms with Crippen LogP contribution in [-0.2, 0) is 10.8 Å². The van der Waals surface area contributed by atoms with E-state index < -0.39 is 5.41 Å². The normalized spacial score (nSPS) is 14.2. The van der Waals surface area contributed by atoms with Crippen molar-refractivity contribution in [1.82, 2.24) is 0 Å². The van der Waals surface area contributed by atoms with E-state index in [1.807, 2.05) is 0 Å². The van der Waals surface area contributed by atoms with Crippen LogP contribution in [0.3, 0.4) is 0 Å². The Kier molecular flexibility index (Phi) is 8.96. The maximum atomic E-state index is 2.61. The molecule has 9 aromatic carbocycles. The summed E-state index contributed by atoms with van der Waals surface area (Å²) in [6.45, 7) is 11.7. The molecule has 2 aliphatic heterocycles. The number of thiophene rings is 1. The lowest BCUT2D eigenvalue weighted by atomic mass is 9.36. The largest absolute Gasteiger partial charge is 0.311 e. The fraction of sp³-hybridized carbons (Fsp3) is 0.121. The van der Waals surface area contributed by atoms with E-state index in [1.54, 1.807) is 0 Å². The molecule has 2 aliphatic carbocycles. The Bertz CT molecular complexity index is 3700. The number of rotatable bonds is 5. The maximum absolute atomic E-state index is 2.61. The van der Waals surface area contributed by atoms with Gasteiger partial charge in [0.15, 0.2) is 0 Å². The van der Waals surface area contributed by atoms with Gasteiger partial charge in [0, 0.05) is 43.7 Å². The van der Waals surface area contributed by atoms with Crippen LogP contribution in [-0.4, -0.2) is 6.71 Å². The number of fused-ring (bicyclic) bond motifs is 15. The van der Waals surface area contributed by atoms with Gasteiger partial charge in [0.2, 0.25) is 0 Å². The second kappa shape index (κ2) is 15.2. The fourth-order valence-corrected chi connectivity index (χ4v) is 14.5. The molecular formula is C66H51BN2S. The minimum atomic E-state index is -0.447. The van der Waals surface area contributed by atoms with Crippen LogP contribution in [0.15, 0.2) is 212 Å². The van der Waals surface area contributed by atoms with Gasteiger partial charge in [0.05, 0.1) is 11.1 Å². The molecule has 0 fully saturated rings. The number of benzene rings is 9. The predicted octanol–water partition coefficient (Wildman–Crippen LogP) is 15.9. The number of para-hydroxylation sites is 2. The molecule has 0 unspecified atom stereocenters. The quantitative estimate of drug-likeness (QED) is 0.159. The first-order chi connectivity index (χ1) is 34.2. The minimum absolute atomic E-state index is 0.0139. The Morgan fingerprint density at radius 3 is 1.61 bits per heavy atom. The molecule has 3 heterocycles. The van der Waals surface area contributed by atoms with Crippen LogP contribution in [0.2, 0.25) is 0 Å². The van der Waals surface area contributed by atoms with E-state index in [9.17, 15) is 0 Å². The van der Waals surface area contributed by atoms with E-state index in [1.165, 1.54) is 121 Å². The van der Waals surface area contributed by atoms with Crippen LogP contribution in [0.4, 0.5) is 34.1 Å². The molecule has 0 atom stereocenters. The van der Waals surface area contributed by atoms with Crippen molar-refractivity contribution in [3.05, 3.63) is 245 Å². The molecule has 70 heavy (non-hydrogen) atoms. The Balaban J connectivity index is 1.08. The Morgan fingerprint density at radius 1 is 0.471 bits per heavy atom. The Hall–Kier alpha value is -7.66. The van der Waals surface area contributed by atoms with E-state index in [2.05, 4.69) is 268 Å². The standard InChI is InChI=1S/C66H51BN2S/c1-41(2)49-39-50(51(40-55(49)65(3,4)5)42-22-9-6-10-23-42)43-36-37-56-59(38-43)68(44-24-11-7-12-25-44)57-34-21-35-58-61(57)67(56)64-62(69(58)45-26-13-8-14-27-45)60-48-30-17-20-33-54(48)66(63(60)70-64)52-31-18-15-28-46(52)47-29-16-19-32-53(47)66/h6-41H,1-5H3. The molecule has 2 nitrogen and oxygen atoms in total. The van der Waals surface area contributed by atoms with E-state index >= 15 is 0 Å². The van der Waals surface area contributed by atoms with Crippen molar-refractivity contribution >= 4 is 67.9 Å². The van der Waals surface area contributed by atoms with Crippen molar-refractivity contribution < 1.29 is 0 Å². The Morgan fingerprint density at radius 2 is 1.00 bits per heavy atom. The lowest BCUT2D eigenvalue weighted by Crippen LogP contribution is -2.60. The van der Waals surface area contributed by atoms with E-state index in [0.29, 0.717) is 5.92 Å². The van der Waals surface area contributed by atoms with Crippen molar-refractivity contribution in [1.29, 1.82) is 0 Å². The summed E-state index contributed by atoms with van der Waals surface area (Å²) < 4.78 is 1.40. The van der Waals surface area contributed by atoms with Crippen molar-refractivity contribution in [3.63, 3.8) is 0 Å². The van der Waals surface area contributed by atoms with Crippen LogP contribution in [0.25, 0.3) is 44.5 Å². The molecular weight excluding hydrogens is 864 g/mol. The van der Waals surface area contributed by atoms with Crippen molar-refractivity contribution in [2.75, 3.05) is 9.80 Å². The molecule has 0 amide bonds. The molecule has 0 bridgehead atoms. The zero-order chi connectivity index (χ0) is 47.0. The summed E-state index contributed by atoms with van der Waals surface area (Å²) in [5.41, 5.74) is 26.8. The molecule has 0 saturated heterocycles. The average Bonchev–Trinajstić information content (AvgIpc) is 4.03. The zero-order valence-electron chi connectivity index (χ0n) is 40.2. The van der Waals surface area contributed by atoms with Gasteiger partial charge in [-0.1, -0.05) is 192 Å². The summed E-state index contributed by atoms with van der Waals surface area (Å²) in [6, 6.07) is 80.4. The number of anilines is 6. The molecule has 1 aromatic heterocycles.